The Morgan fingerprint density at radius 2 is 2.15 bits per heavy atom. The zero-order chi connectivity index (χ0) is 18.2. The van der Waals surface area contributed by atoms with Gasteiger partial charge in [0.05, 0.1) is 18.2 Å². The van der Waals surface area contributed by atoms with Crippen LogP contribution in [-0.2, 0) is 20.0 Å². The standard InChI is InChI=1S/C20H20N6O/c1-25-11-14(10-23-25)12-26-8-7-16-19(22-13-21-16)20(26)18-9-17(24-27-18)15-5-3-2-4-6-15/h2-6,9-11,13,20H,7-8,12H2,1H3,(H,21,22)/t20-/m0/s1. The Bertz CT molecular complexity index is 1050. The van der Waals surface area contributed by atoms with Gasteiger partial charge in [-0.25, -0.2) is 4.98 Å². The number of aryl methyl sites for hydroxylation is 1. The summed E-state index contributed by atoms with van der Waals surface area (Å²) in [5, 5.41) is 8.60. The van der Waals surface area contributed by atoms with E-state index in [9.17, 15) is 0 Å². The Balaban J connectivity index is 1.51. The van der Waals surface area contributed by atoms with Crippen molar-refractivity contribution in [3.05, 3.63) is 77.8 Å². The number of nitrogens with zero attached hydrogens (tertiary/aromatic N) is 5. The fourth-order valence-corrected chi connectivity index (χ4v) is 3.76. The van der Waals surface area contributed by atoms with Crippen LogP contribution in [0.3, 0.4) is 0 Å². The van der Waals surface area contributed by atoms with E-state index >= 15 is 0 Å². The van der Waals surface area contributed by atoms with Gasteiger partial charge in [0.25, 0.3) is 0 Å². The number of fused-ring (bicyclic) bond motifs is 1. The molecule has 1 aromatic carbocycles. The molecule has 0 bridgehead atoms. The van der Waals surface area contributed by atoms with Crippen LogP contribution in [0.4, 0.5) is 0 Å². The van der Waals surface area contributed by atoms with Gasteiger partial charge < -0.3 is 9.51 Å². The lowest BCUT2D eigenvalue weighted by Gasteiger charge is -2.32. The molecular formula is C20H20N6O. The maximum Gasteiger partial charge on any atom is 0.160 e. The predicted octanol–water partition coefficient (Wildman–Crippen LogP) is 2.95. The quantitative estimate of drug-likeness (QED) is 0.606. The highest BCUT2D eigenvalue weighted by Gasteiger charge is 2.34. The number of benzene rings is 1. The SMILES string of the molecule is Cn1cc(CN2CCc3[nH]cnc3[C@@H]2c2cc(-c3ccccc3)no2)cn1. The van der Waals surface area contributed by atoms with Crippen LogP contribution >= 0.6 is 0 Å². The van der Waals surface area contributed by atoms with Gasteiger partial charge in [-0.15, -0.1) is 0 Å². The van der Waals surface area contributed by atoms with Crippen LogP contribution < -0.4 is 0 Å². The molecule has 1 aliphatic heterocycles. The summed E-state index contributed by atoms with van der Waals surface area (Å²) in [5.74, 6) is 0.811. The Morgan fingerprint density at radius 1 is 1.26 bits per heavy atom. The molecule has 0 fully saturated rings. The van der Waals surface area contributed by atoms with Crippen molar-refractivity contribution in [2.45, 2.75) is 19.0 Å². The number of hydrogen-bond donors (Lipinski definition) is 1. The minimum absolute atomic E-state index is 0.0647. The molecule has 0 amide bonds. The van der Waals surface area contributed by atoms with E-state index < -0.39 is 0 Å². The van der Waals surface area contributed by atoms with E-state index in [1.807, 2.05) is 60.5 Å². The van der Waals surface area contributed by atoms with Crippen LogP contribution in [0.1, 0.15) is 28.8 Å². The minimum Gasteiger partial charge on any atom is -0.359 e. The maximum atomic E-state index is 5.79. The van der Waals surface area contributed by atoms with Crippen LogP contribution in [0.15, 0.2) is 59.6 Å². The van der Waals surface area contributed by atoms with Crippen LogP contribution in [-0.4, -0.2) is 36.3 Å². The van der Waals surface area contributed by atoms with Crippen molar-refractivity contribution in [3.8, 4) is 11.3 Å². The van der Waals surface area contributed by atoms with Crippen molar-refractivity contribution in [2.24, 2.45) is 7.05 Å². The molecule has 3 aromatic heterocycles. The van der Waals surface area contributed by atoms with Crippen molar-refractivity contribution in [1.29, 1.82) is 0 Å². The van der Waals surface area contributed by atoms with E-state index in [0.29, 0.717) is 0 Å². The Hall–Kier alpha value is -3.19. The van der Waals surface area contributed by atoms with Gasteiger partial charge in [-0.2, -0.15) is 5.10 Å². The largest absolute Gasteiger partial charge is 0.359 e. The first-order chi connectivity index (χ1) is 13.3. The number of aromatic nitrogens is 5. The fourth-order valence-electron chi connectivity index (χ4n) is 3.76. The minimum atomic E-state index is -0.0647. The van der Waals surface area contributed by atoms with Gasteiger partial charge in [-0.3, -0.25) is 9.58 Å². The summed E-state index contributed by atoms with van der Waals surface area (Å²) in [6.07, 6.45) is 6.66. The molecule has 7 nitrogen and oxygen atoms in total. The molecule has 0 saturated heterocycles. The summed E-state index contributed by atoms with van der Waals surface area (Å²) >= 11 is 0. The highest BCUT2D eigenvalue weighted by molar-refractivity contribution is 5.58. The lowest BCUT2D eigenvalue weighted by atomic mass is 9.99. The average Bonchev–Trinajstić information content (AvgIpc) is 3.43. The highest BCUT2D eigenvalue weighted by Crippen LogP contribution is 2.35. The third-order valence-corrected chi connectivity index (χ3v) is 5.04. The first kappa shape index (κ1) is 16.0. The normalized spacial score (nSPS) is 17.1. The van der Waals surface area contributed by atoms with Crippen molar-refractivity contribution in [2.75, 3.05) is 6.54 Å². The summed E-state index contributed by atoms with van der Waals surface area (Å²) in [6, 6.07) is 12.0. The van der Waals surface area contributed by atoms with Crippen LogP contribution in [0.5, 0.6) is 0 Å². The topological polar surface area (TPSA) is 75.8 Å². The second-order valence-electron chi connectivity index (χ2n) is 6.89. The Kier molecular flexibility index (Phi) is 3.86. The van der Waals surface area contributed by atoms with Gasteiger partial charge in [-0.1, -0.05) is 35.5 Å². The summed E-state index contributed by atoms with van der Waals surface area (Å²) in [6.45, 7) is 1.70. The van der Waals surface area contributed by atoms with Crippen molar-refractivity contribution in [3.63, 3.8) is 0 Å². The molecule has 4 heterocycles. The van der Waals surface area contributed by atoms with Crippen LogP contribution in [0, 0.1) is 0 Å². The van der Waals surface area contributed by atoms with E-state index in [1.54, 1.807) is 6.33 Å². The lowest BCUT2D eigenvalue weighted by Crippen LogP contribution is -2.35. The molecule has 0 spiro atoms. The van der Waals surface area contributed by atoms with Crippen LogP contribution in [0.25, 0.3) is 11.3 Å². The molecule has 1 N–H and O–H groups in total. The molecule has 136 valence electrons. The first-order valence-electron chi connectivity index (χ1n) is 9.03. The number of nitrogens with one attached hydrogen (secondary N) is 1. The molecular weight excluding hydrogens is 340 g/mol. The van der Waals surface area contributed by atoms with Crippen molar-refractivity contribution < 1.29 is 4.52 Å². The third-order valence-electron chi connectivity index (χ3n) is 5.04. The first-order valence-corrected chi connectivity index (χ1v) is 9.03. The zero-order valence-electron chi connectivity index (χ0n) is 15.0. The van der Waals surface area contributed by atoms with Gasteiger partial charge in [0.15, 0.2) is 5.76 Å². The molecule has 0 saturated carbocycles. The zero-order valence-corrected chi connectivity index (χ0v) is 15.0. The molecule has 0 unspecified atom stereocenters. The summed E-state index contributed by atoms with van der Waals surface area (Å²) < 4.78 is 7.62. The summed E-state index contributed by atoms with van der Waals surface area (Å²) in [5.41, 5.74) is 5.24. The van der Waals surface area contributed by atoms with Gasteiger partial charge in [0.2, 0.25) is 0 Å². The third kappa shape index (κ3) is 2.96. The van der Waals surface area contributed by atoms with Crippen LogP contribution in [0.2, 0.25) is 0 Å². The maximum absolute atomic E-state index is 5.79. The van der Waals surface area contributed by atoms with E-state index in [-0.39, 0.29) is 6.04 Å². The van der Waals surface area contributed by atoms with Gasteiger partial charge in [0, 0.05) is 55.6 Å². The second kappa shape index (κ2) is 6.51. The molecule has 0 aliphatic carbocycles. The highest BCUT2D eigenvalue weighted by atomic mass is 16.5. The molecule has 0 radical (unpaired) electrons. The molecule has 27 heavy (non-hydrogen) atoms. The molecule has 4 aromatic rings. The van der Waals surface area contributed by atoms with Gasteiger partial charge >= 0.3 is 0 Å². The molecule has 5 rings (SSSR count). The number of rotatable bonds is 4. The number of aromatic amines is 1. The van der Waals surface area contributed by atoms with E-state index in [0.717, 1.165) is 42.2 Å². The molecule has 7 heteroatoms. The van der Waals surface area contributed by atoms with Gasteiger partial charge in [-0.05, 0) is 0 Å². The lowest BCUT2D eigenvalue weighted by molar-refractivity contribution is 0.170. The summed E-state index contributed by atoms with van der Waals surface area (Å²) in [7, 11) is 1.94. The average molecular weight is 360 g/mol. The fraction of sp³-hybridized carbons (Fsp3) is 0.250. The number of hydrogen-bond acceptors (Lipinski definition) is 5. The smallest absolute Gasteiger partial charge is 0.160 e. The van der Waals surface area contributed by atoms with E-state index in [4.69, 9.17) is 4.52 Å². The van der Waals surface area contributed by atoms with Gasteiger partial charge in [0.1, 0.15) is 11.7 Å². The number of H-pyrrole nitrogens is 1. The van der Waals surface area contributed by atoms with Crippen molar-refractivity contribution >= 4 is 0 Å². The van der Waals surface area contributed by atoms with Crippen molar-refractivity contribution in [1.82, 2.24) is 29.8 Å². The molecule has 1 aliphatic rings. The second-order valence-corrected chi connectivity index (χ2v) is 6.89. The predicted molar refractivity (Wildman–Crippen MR) is 99.7 cm³/mol. The van der Waals surface area contributed by atoms with E-state index in [1.165, 1.54) is 11.3 Å². The Morgan fingerprint density at radius 3 is 2.96 bits per heavy atom. The molecule has 1 atom stereocenters. The van der Waals surface area contributed by atoms with E-state index in [2.05, 4.69) is 25.1 Å². The monoisotopic (exact) mass is 360 g/mol. The number of imidazole rings is 1. The Labute approximate surface area is 156 Å². The summed E-state index contributed by atoms with van der Waals surface area (Å²) in [4.78, 5) is 10.2.